The average molecular weight is 173 g/mol. The molecule has 0 aromatic heterocycles. The van der Waals surface area contributed by atoms with Crippen LogP contribution in [0.2, 0.25) is 0 Å². The van der Waals surface area contributed by atoms with Gasteiger partial charge in [0.05, 0.1) is 5.60 Å². The van der Waals surface area contributed by atoms with Gasteiger partial charge in [-0.05, 0) is 19.3 Å². The van der Waals surface area contributed by atoms with Crippen LogP contribution in [0.3, 0.4) is 0 Å². The SMILES string of the molecule is [CH2]CC(CC)(CCC(=O)O)OC. The Labute approximate surface area is 73.7 Å². The van der Waals surface area contributed by atoms with Gasteiger partial charge in [-0.1, -0.05) is 13.8 Å². The molecule has 0 aliphatic rings. The summed E-state index contributed by atoms with van der Waals surface area (Å²) >= 11 is 0. The van der Waals surface area contributed by atoms with Gasteiger partial charge in [-0.15, -0.1) is 0 Å². The summed E-state index contributed by atoms with van der Waals surface area (Å²) in [5.74, 6) is -0.779. The maximum atomic E-state index is 10.3. The summed E-state index contributed by atoms with van der Waals surface area (Å²) in [6.45, 7) is 5.74. The van der Waals surface area contributed by atoms with Gasteiger partial charge in [0.15, 0.2) is 0 Å². The van der Waals surface area contributed by atoms with Crippen molar-refractivity contribution < 1.29 is 14.6 Å². The van der Waals surface area contributed by atoms with Crippen LogP contribution < -0.4 is 0 Å². The molecule has 0 spiro atoms. The van der Waals surface area contributed by atoms with Crippen molar-refractivity contribution >= 4 is 5.97 Å². The second kappa shape index (κ2) is 5.14. The van der Waals surface area contributed by atoms with E-state index in [0.29, 0.717) is 12.8 Å². The van der Waals surface area contributed by atoms with Gasteiger partial charge in [0.25, 0.3) is 0 Å². The van der Waals surface area contributed by atoms with Crippen molar-refractivity contribution in [3.05, 3.63) is 6.92 Å². The lowest BCUT2D eigenvalue weighted by Gasteiger charge is -2.29. The summed E-state index contributed by atoms with van der Waals surface area (Å²) in [6.07, 6.45) is 2.11. The number of rotatable bonds is 6. The third-order valence-electron chi connectivity index (χ3n) is 2.33. The van der Waals surface area contributed by atoms with E-state index in [4.69, 9.17) is 9.84 Å². The van der Waals surface area contributed by atoms with E-state index < -0.39 is 5.97 Å². The van der Waals surface area contributed by atoms with Crippen molar-refractivity contribution in [3.63, 3.8) is 0 Å². The highest BCUT2D eigenvalue weighted by molar-refractivity contribution is 5.66. The summed E-state index contributed by atoms with van der Waals surface area (Å²) in [5, 5.41) is 8.49. The lowest BCUT2D eigenvalue weighted by molar-refractivity contribution is -0.138. The van der Waals surface area contributed by atoms with Crippen LogP contribution in [-0.4, -0.2) is 23.8 Å². The summed E-state index contributed by atoms with van der Waals surface area (Å²) in [5.41, 5.74) is -0.335. The molecule has 1 unspecified atom stereocenters. The molecule has 71 valence electrons. The molecule has 0 rings (SSSR count). The maximum absolute atomic E-state index is 10.3. The molecule has 0 aliphatic carbocycles. The molecule has 0 saturated heterocycles. The number of ether oxygens (including phenoxy) is 1. The molecule has 0 amide bonds. The number of aliphatic carboxylic acids is 1. The van der Waals surface area contributed by atoms with Gasteiger partial charge in [0, 0.05) is 13.5 Å². The number of carboxylic acids is 1. The van der Waals surface area contributed by atoms with E-state index in [-0.39, 0.29) is 12.0 Å². The lowest BCUT2D eigenvalue weighted by Crippen LogP contribution is -2.30. The molecule has 0 heterocycles. The summed E-state index contributed by atoms with van der Waals surface area (Å²) in [4.78, 5) is 10.3. The second-order valence-electron chi connectivity index (χ2n) is 2.88. The number of methoxy groups -OCH3 is 1. The third kappa shape index (κ3) is 3.22. The zero-order valence-electron chi connectivity index (χ0n) is 7.80. The third-order valence-corrected chi connectivity index (χ3v) is 2.33. The molecule has 0 aromatic carbocycles. The maximum Gasteiger partial charge on any atom is 0.303 e. The minimum absolute atomic E-state index is 0.150. The van der Waals surface area contributed by atoms with Gasteiger partial charge in [-0.3, -0.25) is 4.79 Å². The van der Waals surface area contributed by atoms with Crippen LogP contribution >= 0.6 is 0 Å². The van der Waals surface area contributed by atoms with Crippen molar-refractivity contribution in [2.75, 3.05) is 7.11 Å². The highest BCUT2D eigenvalue weighted by Gasteiger charge is 2.25. The van der Waals surface area contributed by atoms with Crippen LogP contribution in [0.1, 0.15) is 32.6 Å². The molecule has 1 atom stereocenters. The Morgan fingerprint density at radius 3 is 2.50 bits per heavy atom. The highest BCUT2D eigenvalue weighted by atomic mass is 16.5. The monoisotopic (exact) mass is 173 g/mol. The Bertz CT molecular complexity index is 130. The average Bonchev–Trinajstić information content (AvgIpc) is 2.08. The van der Waals surface area contributed by atoms with E-state index in [0.717, 1.165) is 6.42 Å². The Hall–Kier alpha value is -0.570. The van der Waals surface area contributed by atoms with Crippen molar-refractivity contribution in [3.8, 4) is 0 Å². The minimum Gasteiger partial charge on any atom is -0.481 e. The van der Waals surface area contributed by atoms with Gasteiger partial charge >= 0.3 is 5.97 Å². The molecule has 3 nitrogen and oxygen atoms in total. The normalized spacial score (nSPS) is 11.6. The van der Waals surface area contributed by atoms with Crippen molar-refractivity contribution in [2.24, 2.45) is 0 Å². The van der Waals surface area contributed by atoms with Crippen LogP contribution in [0.15, 0.2) is 0 Å². The van der Waals surface area contributed by atoms with E-state index in [9.17, 15) is 4.79 Å². The molecule has 0 bridgehead atoms. The standard InChI is InChI=1S/C9H17O3/c1-4-9(5-2,12-3)7-6-8(10)11/h1,4-7H2,2-3H3,(H,10,11). The van der Waals surface area contributed by atoms with Crippen molar-refractivity contribution in [1.29, 1.82) is 0 Å². The molecule has 3 heteroatoms. The van der Waals surface area contributed by atoms with Gasteiger partial charge in [0.1, 0.15) is 0 Å². The first kappa shape index (κ1) is 11.4. The lowest BCUT2D eigenvalue weighted by atomic mass is 9.91. The molecule has 0 saturated carbocycles. The topological polar surface area (TPSA) is 46.5 Å². The van der Waals surface area contributed by atoms with Crippen LogP contribution in [-0.2, 0) is 9.53 Å². The Morgan fingerprint density at radius 1 is 1.67 bits per heavy atom. The van der Waals surface area contributed by atoms with Crippen molar-refractivity contribution in [1.82, 2.24) is 0 Å². The predicted octanol–water partition coefficient (Wildman–Crippen LogP) is 1.87. The smallest absolute Gasteiger partial charge is 0.303 e. The molecule has 1 N–H and O–H groups in total. The summed E-state index contributed by atoms with van der Waals surface area (Å²) in [6, 6.07) is 0. The largest absolute Gasteiger partial charge is 0.481 e. The molecule has 0 fully saturated rings. The molecule has 1 radical (unpaired) electrons. The first-order valence-corrected chi connectivity index (χ1v) is 4.16. The van der Waals surface area contributed by atoms with Gasteiger partial charge in [0.2, 0.25) is 0 Å². The molecular formula is C9H17O3. The van der Waals surface area contributed by atoms with E-state index in [2.05, 4.69) is 6.92 Å². The van der Waals surface area contributed by atoms with Crippen LogP contribution in [0.4, 0.5) is 0 Å². The number of hydrogen-bond acceptors (Lipinski definition) is 2. The van der Waals surface area contributed by atoms with E-state index in [1.54, 1.807) is 7.11 Å². The fourth-order valence-electron chi connectivity index (χ4n) is 1.16. The van der Waals surface area contributed by atoms with E-state index in [1.807, 2.05) is 6.92 Å². The predicted molar refractivity (Wildman–Crippen MR) is 46.9 cm³/mol. The second-order valence-corrected chi connectivity index (χ2v) is 2.88. The number of hydrogen-bond donors (Lipinski definition) is 1. The van der Waals surface area contributed by atoms with Crippen molar-refractivity contribution in [2.45, 2.75) is 38.2 Å². The van der Waals surface area contributed by atoms with Gasteiger partial charge in [-0.25, -0.2) is 0 Å². The fourth-order valence-corrected chi connectivity index (χ4v) is 1.16. The summed E-state index contributed by atoms with van der Waals surface area (Å²) in [7, 11) is 1.61. The van der Waals surface area contributed by atoms with Crippen LogP contribution in [0, 0.1) is 6.92 Å². The minimum atomic E-state index is -0.779. The quantitative estimate of drug-likeness (QED) is 0.667. The Morgan fingerprint density at radius 2 is 2.25 bits per heavy atom. The fraction of sp³-hybridized carbons (Fsp3) is 0.778. The number of carbonyl (C=O) groups is 1. The van der Waals surface area contributed by atoms with E-state index in [1.165, 1.54) is 0 Å². The molecular weight excluding hydrogens is 156 g/mol. The number of carboxylic acid groups (broad SMARTS) is 1. The Balaban J connectivity index is 4.01. The summed E-state index contributed by atoms with van der Waals surface area (Å²) < 4.78 is 5.26. The molecule has 0 aromatic rings. The highest BCUT2D eigenvalue weighted by Crippen LogP contribution is 2.24. The zero-order valence-corrected chi connectivity index (χ0v) is 7.80. The van der Waals surface area contributed by atoms with Crippen LogP contribution in [0.25, 0.3) is 0 Å². The van der Waals surface area contributed by atoms with Crippen LogP contribution in [0.5, 0.6) is 0 Å². The molecule has 0 aliphatic heterocycles. The zero-order chi connectivity index (χ0) is 9.61. The van der Waals surface area contributed by atoms with E-state index >= 15 is 0 Å². The Kier molecular flexibility index (Phi) is 4.90. The van der Waals surface area contributed by atoms with Gasteiger partial charge in [-0.2, -0.15) is 0 Å². The van der Waals surface area contributed by atoms with Gasteiger partial charge < -0.3 is 9.84 Å². The molecule has 12 heavy (non-hydrogen) atoms. The first-order valence-electron chi connectivity index (χ1n) is 4.16. The first-order chi connectivity index (χ1) is 5.60.